The van der Waals surface area contributed by atoms with Gasteiger partial charge in [0.15, 0.2) is 0 Å². The first kappa shape index (κ1) is 15.7. The lowest BCUT2D eigenvalue weighted by Gasteiger charge is -2.45. The van der Waals surface area contributed by atoms with Crippen LogP contribution in [-0.2, 0) is 6.18 Å². The molecule has 1 unspecified atom stereocenters. The molecule has 3 aromatic carbocycles. The average Bonchev–Trinajstić information content (AvgIpc) is 2.67. The number of halogens is 3. The Hall–Kier alpha value is -2.55. The van der Waals surface area contributed by atoms with Crippen molar-refractivity contribution in [2.24, 2.45) is 0 Å². The summed E-state index contributed by atoms with van der Waals surface area (Å²) >= 11 is 0. The van der Waals surface area contributed by atoms with Gasteiger partial charge in [0.1, 0.15) is 0 Å². The molecule has 0 N–H and O–H groups in total. The fourth-order valence-electron chi connectivity index (χ4n) is 4.88. The van der Waals surface area contributed by atoms with Crippen LogP contribution in [0.15, 0.2) is 72.8 Å². The Bertz CT molecular complexity index is 922. The lowest BCUT2D eigenvalue weighted by molar-refractivity contribution is -0.137. The van der Waals surface area contributed by atoms with Gasteiger partial charge in [-0.25, -0.2) is 0 Å². The van der Waals surface area contributed by atoms with Crippen molar-refractivity contribution in [3.8, 4) is 0 Å². The van der Waals surface area contributed by atoms with Crippen LogP contribution >= 0.6 is 0 Å². The van der Waals surface area contributed by atoms with Crippen LogP contribution in [0.2, 0.25) is 0 Å². The second-order valence-corrected chi connectivity index (χ2v) is 7.25. The number of hydrogen-bond donors (Lipinski definition) is 0. The zero-order chi connectivity index (χ0) is 17.9. The summed E-state index contributed by atoms with van der Waals surface area (Å²) in [5, 5.41) is 0. The van der Waals surface area contributed by atoms with Gasteiger partial charge in [-0.15, -0.1) is 0 Å². The van der Waals surface area contributed by atoms with Gasteiger partial charge in [0.2, 0.25) is 0 Å². The monoisotopic (exact) mass is 350 g/mol. The van der Waals surface area contributed by atoms with Crippen LogP contribution in [0.25, 0.3) is 0 Å². The van der Waals surface area contributed by atoms with Gasteiger partial charge in [0.25, 0.3) is 0 Å². The van der Waals surface area contributed by atoms with Crippen molar-refractivity contribution < 1.29 is 13.2 Å². The van der Waals surface area contributed by atoms with Gasteiger partial charge in [-0.1, -0.05) is 60.7 Å². The van der Waals surface area contributed by atoms with Crippen LogP contribution in [-0.4, -0.2) is 0 Å². The maximum atomic E-state index is 12.9. The predicted molar refractivity (Wildman–Crippen MR) is 95.4 cm³/mol. The normalized spacial score (nSPS) is 23.4. The minimum atomic E-state index is -4.29. The standard InChI is InChI=1S/C23H17F3/c24-23(25,26)15-11-9-14(10-12-15)20-13-21-16-5-1-3-7-18(16)22(20)19-8-4-2-6-17(19)21/h1-12,20-22H,13H2. The summed E-state index contributed by atoms with van der Waals surface area (Å²) in [4.78, 5) is 0. The van der Waals surface area contributed by atoms with E-state index < -0.39 is 11.7 Å². The Balaban J connectivity index is 1.63. The molecule has 2 bridgehead atoms. The second-order valence-electron chi connectivity index (χ2n) is 7.25. The van der Waals surface area contributed by atoms with E-state index >= 15 is 0 Å². The highest BCUT2D eigenvalue weighted by Crippen LogP contribution is 2.58. The molecule has 26 heavy (non-hydrogen) atoms. The molecule has 3 aliphatic carbocycles. The average molecular weight is 350 g/mol. The van der Waals surface area contributed by atoms with Crippen LogP contribution in [0.5, 0.6) is 0 Å². The Morgan fingerprint density at radius 1 is 0.654 bits per heavy atom. The number of benzene rings is 3. The van der Waals surface area contributed by atoms with Crippen LogP contribution in [0.4, 0.5) is 13.2 Å². The number of hydrogen-bond acceptors (Lipinski definition) is 0. The van der Waals surface area contributed by atoms with Gasteiger partial charge in [-0.05, 0) is 52.3 Å². The summed E-state index contributed by atoms with van der Waals surface area (Å²) in [6.07, 6.45) is -3.34. The molecule has 0 aliphatic heterocycles. The van der Waals surface area contributed by atoms with Crippen molar-refractivity contribution in [2.75, 3.05) is 0 Å². The van der Waals surface area contributed by atoms with Crippen molar-refractivity contribution >= 4 is 0 Å². The maximum Gasteiger partial charge on any atom is 0.416 e. The Kier molecular flexibility index (Phi) is 3.30. The van der Waals surface area contributed by atoms with E-state index in [0.717, 1.165) is 12.0 Å². The summed E-state index contributed by atoms with van der Waals surface area (Å²) in [6, 6.07) is 22.8. The van der Waals surface area contributed by atoms with Gasteiger partial charge in [-0.3, -0.25) is 0 Å². The summed E-state index contributed by atoms with van der Waals surface area (Å²) in [6.45, 7) is 0. The number of fused-ring (bicyclic) bond motifs is 1. The number of rotatable bonds is 1. The SMILES string of the molecule is FC(F)(F)c1ccc(C2CC3c4ccccc4C2c2ccccc23)cc1. The zero-order valence-corrected chi connectivity index (χ0v) is 14.0. The van der Waals surface area contributed by atoms with E-state index in [1.54, 1.807) is 12.1 Å². The van der Waals surface area contributed by atoms with Crippen LogP contribution in [0.3, 0.4) is 0 Å². The predicted octanol–water partition coefficient (Wildman–Crippen LogP) is 6.47. The highest BCUT2D eigenvalue weighted by molar-refractivity contribution is 5.58. The minimum Gasteiger partial charge on any atom is -0.166 e. The molecule has 0 saturated heterocycles. The summed E-state index contributed by atoms with van der Waals surface area (Å²) < 4.78 is 38.7. The first-order valence-corrected chi connectivity index (χ1v) is 8.89. The molecule has 0 saturated carbocycles. The molecule has 1 atom stereocenters. The fraction of sp³-hybridized carbons (Fsp3) is 0.217. The summed E-state index contributed by atoms with van der Waals surface area (Å²) in [5.41, 5.74) is 5.82. The third-order valence-corrected chi connectivity index (χ3v) is 5.97. The summed E-state index contributed by atoms with van der Waals surface area (Å²) in [7, 11) is 0. The topological polar surface area (TPSA) is 0 Å². The quantitative estimate of drug-likeness (QED) is 0.472. The molecule has 3 aromatic rings. The first-order valence-electron chi connectivity index (χ1n) is 8.89. The minimum absolute atomic E-state index is 0.212. The molecule has 0 heterocycles. The molecule has 3 heteroatoms. The van der Waals surface area contributed by atoms with Crippen molar-refractivity contribution in [3.63, 3.8) is 0 Å². The first-order chi connectivity index (χ1) is 12.5. The molecule has 6 rings (SSSR count). The highest BCUT2D eigenvalue weighted by Gasteiger charge is 2.43. The maximum absolute atomic E-state index is 12.9. The molecular weight excluding hydrogens is 333 g/mol. The Morgan fingerprint density at radius 3 is 1.65 bits per heavy atom. The van der Waals surface area contributed by atoms with Crippen molar-refractivity contribution in [2.45, 2.75) is 30.4 Å². The Morgan fingerprint density at radius 2 is 1.15 bits per heavy atom. The van der Waals surface area contributed by atoms with Crippen molar-refractivity contribution in [3.05, 3.63) is 106 Å². The van der Waals surface area contributed by atoms with Gasteiger partial charge >= 0.3 is 6.18 Å². The van der Waals surface area contributed by atoms with Crippen LogP contribution < -0.4 is 0 Å². The van der Waals surface area contributed by atoms with Crippen molar-refractivity contribution in [1.82, 2.24) is 0 Å². The lowest BCUT2D eigenvalue weighted by Crippen LogP contribution is -2.30. The highest BCUT2D eigenvalue weighted by atomic mass is 19.4. The molecule has 0 radical (unpaired) electrons. The smallest absolute Gasteiger partial charge is 0.166 e. The zero-order valence-electron chi connectivity index (χ0n) is 14.0. The van der Waals surface area contributed by atoms with Gasteiger partial charge < -0.3 is 0 Å². The molecular formula is C23H17F3. The Labute approximate surface area is 150 Å². The van der Waals surface area contributed by atoms with E-state index in [1.165, 1.54) is 34.4 Å². The molecule has 0 nitrogen and oxygen atoms in total. The third-order valence-electron chi connectivity index (χ3n) is 5.97. The molecule has 0 aromatic heterocycles. The molecule has 0 fully saturated rings. The van der Waals surface area contributed by atoms with E-state index in [-0.39, 0.29) is 11.8 Å². The van der Waals surface area contributed by atoms with Gasteiger partial charge in [0.05, 0.1) is 5.56 Å². The largest absolute Gasteiger partial charge is 0.416 e. The van der Waals surface area contributed by atoms with E-state index in [0.29, 0.717) is 5.92 Å². The second kappa shape index (κ2) is 5.47. The van der Waals surface area contributed by atoms with Gasteiger partial charge in [0, 0.05) is 11.8 Å². The third kappa shape index (κ3) is 2.23. The molecule has 0 spiro atoms. The summed E-state index contributed by atoms with van der Waals surface area (Å²) in [5.74, 6) is 0.746. The lowest BCUT2D eigenvalue weighted by atomic mass is 9.58. The van der Waals surface area contributed by atoms with E-state index in [1.807, 2.05) is 0 Å². The van der Waals surface area contributed by atoms with Crippen LogP contribution in [0, 0.1) is 0 Å². The number of alkyl halides is 3. The van der Waals surface area contributed by atoms with Crippen molar-refractivity contribution in [1.29, 1.82) is 0 Å². The van der Waals surface area contributed by atoms with Gasteiger partial charge in [-0.2, -0.15) is 13.2 Å². The molecule has 3 aliphatic rings. The van der Waals surface area contributed by atoms with E-state index in [4.69, 9.17) is 0 Å². The molecule has 0 amide bonds. The molecule has 130 valence electrons. The van der Waals surface area contributed by atoms with E-state index in [9.17, 15) is 13.2 Å². The fourth-order valence-corrected chi connectivity index (χ4v) is 4.88. The van der Waals surface area contributed by atoms with E-state index in [2.05, 4.69) is 48.5 Å². The van der Waals surface area contributed by atoms with Crippen LogP contribution in [0.1, 0.15) is 57.6 Å².